The molecule has 8 heteroatoms. The van der Waals surface area contributed by atoms with Crippen LogP contribution in [-0.4, -0.2) is 48.2 Å². The number of likely N-dealkylation sites (tertiary alicyclic amines) is 1. The summed E-state index contributed by atoms with van der Waals surface area (Å²) in [7, 11) is 0. The highest BCUT2D eigenvalue weighted by atomic mass is 16.2. The Hall–Kier alpha value is -2.45. The first-order valence-electron chi connectivity index (χ1n) is 9.97. The van der Waals surface area contributed by atoms with Crippen molar-refractivity contribution >= 4 is 23.4 Å². The lowest BCUT2D eigenvalue weighted by Gasteiger charge is -2.47. The second-order valence-electron chi connectivity index (χ2n) is 8.06. The maximum absolute atomic E-state index is 12.9. The maximum Gasteiger partial charge on any atom is 0.229 e. The predicted octanol–water partition coefficient (Wildman–Crippen LogP) is 0.438. The van der Waals surface area contributed by atoms with Crippen molar-refractivity contribution in [3.8, 4) is 0 Å². The first-order valence-corrected chi connectivity index (χ1v) is 9.97. The minimum Gasteiger partial charge on any atom is -0.340 e. The van der Waals surface area contributed by atoms with Crippen LogP contribution in [0.4, 0.5) is 5.69 Å². The van der Waals surface area contributed by atoms with Crippen LogP contribution in [0.15, 0.2) is 30.3 Å². The minimum atomic E-state index is -0.715. The standard InChI is InChI=1S/C20H27N5O3/c1-12-6-5-9-25(11-12)20-23-17-16(19(28)24-20)14(10-15(26)22-17)18(27)21-13-7-3-2-4-8-13/h2-4,7-8,12,14,16-17,20,23H,5-6,9-11H2,1H3,(H,21,27)(H,22,26)(H,24,28). The minimum absolute atomic E-state index is 0.000346. The third-order valence-electron chi connectivity index (χ3n) is 5.87. The summed E-state index contributed by atoms with van der Waals surface area (Å²) in [4.78, 5) is 40.2. The molecular weight excluding hydrogens is 358 g/mol. The zero-order valence-electron chi connectivity index (χ0n) is 16.0. The number of nitrogens with one attached hydrogen (secondary N) is 4. The van der Waals surface area contributed by atoms with E-state index in [1.165, 1.54) is 6.42 Å². The number of hydrogen-bond acceptors (Lipinski definition) is 5. The molecule has 5 atom stereocenters. The molecule has 28 heavy (non-hydrogen) atoms. The summed E-state index contributed by atoms with van der Waals surface area (Å²) < 4.78 is 0. The molecule has 3 heterocycles. The molecular formula is C20H27N5O3. The van der Waals surface area contributed by atoms with Crippen LogP contribution in [-0.2, 0) is 14.4 Å². The van der Waals surface area contributed by atoms with Gasteiger partial charge in [-0.05, 0) is 30.9 Å². The van der Waals surface area contributed by atoms with E-state index in [-0.39, 0.29) is 30.4 Å². The average Bonchev–Trinajstić information content (AvgIpc) is 2.67. The number of piperidine rings is 2. The molecule has 3 saturated heterocycles. The van der Waals surface area contributed by atoms with Gasteiger partial charge in [0.05, 0.1) is 18.0 Å². The van der Waals surface area contributed by atoms with E-state index in [4.69, 9.17) is 0 Å². The summed E-state index contributed by atoms with van der Waals surface area (Å²) in [6, 6.07) is 9.08. The van der Waals surface area contributed by atoms with Gasteiger partial charge in [-0.3, -0.25) is 24.6 Å². The Balaban J connectivity index is 1.48. The van der Waals surface area contributed by atoms with Gasteiger partial charge in [-0.1, -0.05) is 25.1 Å². The van der Waals surface area contributed by atoms with Crippen molar-refractivity contribution in [1.29, 1.82) is 0 Å². The van der Waals surface area contributed by atoms with E-state index in [9.17, 15) is 14.4 Å². The van der Waals surface area contributed by atoms with Gasteiger partial charge in [0.25, 0.3) is 0 Å². The molecule has 150 valence electrons. The molecule has 0 saturated carbocycles. The van der Waals surface area contributed by atoms with Gasteiger partial charge in [-0.25, -0.2) is 0 Å². The van der Waals surface area contributed by atoms with E-state index in [0.717, 1.165) is 19.5 Å². The van der Waals surface area contributed by atoms with E-state index in [1.54, 1.807) is 12.1 Å². The number of rotatable bonds is 3. The zero-order valence-corrected chi connectivity index (χ0v) is 16.0. The predicted molar refractivity (Wildman–Crippen MR) is 104 cm³/mol. The largest absolute Gasteiger partial charge is 0.340 e. The number of amides is 3. The summed E-state index contributed by atoms with van der Waals surface area (Å²) >= 11 is 0. The van der Waals surface area contributed by atoms with Crippen LogP contribution in [0.2, 0.25) is 0 Å². The van der Waals surface area contributed by atoms with Gasteiger partial charge < -0.3 is 16.0 Å². The number of carbonyl (C=O) groups excluding carboxylic acids is 3. The molecule has 3 fully saturated rings. The fraction of sp³-hybridized carbons (Fsp3) is 0.550. The van der Waals surface area contributed by atoms with Crippen molar-refractivity contribution in [2.75, 3.05) is 18.4 Å². The van der Waals surface area contributed by atoms with Gasteiger partial charge in [-0.15, -0.1) is 0 Å². The lowest BCUT2D eigenvalue weighted by atomic mass is 9.81. The lowest BCUT2D eigenvalue weighted by molar-refractivity contribution is -0.148. The fourth-order valence-corrected chi connectivity index (χ4v) is 4.47. The summed E-state index contributed by atoms with van der Waals surface area (Å²) in [6.07, 6.45) is 1.39. The van der Waals surface area contributed by atoms with Crippen LogP contribution in [0.5, 0.6) is 0 Å². The molecule has 4 rings (SSSR count). The Labute approximate surface area is 164 Å². The molecule has 1 aromatic rings. The zero-order chi connectivity index (χ0) is 19.7. The summed E-state index contributed by atoms with van der Waals surface area (Å²) in [6.45, 7) is 3.98. The van der Waals surface area contributed by atoms with Gasteiger partial charge in [0.2, 0.25) is 17.7 Å². The number of fused-ring (bicyclic) bond motifs is 1. The van der Waals surface area contributed by atoms with E-state index < -0.39 is 18.0 Å². The van der Waals surface area contributed by atoms with Gasteiger partial charge in [0, 0.05) is 25.2 Å². The van der Waals surface area contributed by atoms with Gasteiger partial charge in [0.15, 0.2) is 0 Å². The first kappa shape index (κ1) is 18.9. The topological polar surface area (TPSA) is 103 Å². The summed E-state index contributed by atoms with van der Waals surface area (Å²) in [5.41, 5.74) is 0.652. The highest BCUT2D eigenvalue weighted by molar-refractivity contribution is 6.00. The second kappa shape index (κ2) is 7.89. The van der Waals surface area contributed by atoms with Gasteiger partial charge in [0.1, 0.15) is 6.29 Å². The summed E-state index contributed by atoms with van der Waals surface area (Å²) in [5, 5.41) is 12.0. The van der Waals surface area contributed by atoms with Crippen LogP contribution in [0.1, 0.15) is 26.2 Å². The third-order valence-corrected chi connectivity index (χ3v) is 5.87. The number of hydrogen-bond donors (Lipinski definition) is 4. The first-order chi connectivity index (χ1) is 13.5. The number of para-hydroxylation sites is 1. The molecule has 0 radical (unpaired) electrons. The average molecular weight is 385 g/mol. The molecule has 0 aromatic heterocycles. The van der Waals surface area contributed by atoms with Crippen LogP contribution >= 0.6 is 0 Å². The molecule has 3 aliphatic heterocycles. The Bertz CT molecular complexity index is 755. The SMILES string of the molecule is CC1CCCN(C2NC(=O)C3C(NC(=O)CC3C(=O)Nc3ccccc3)N2)C1. The smallest absolute Gasteiger partial charge is 0.229 e. The van der Waals surface area contributed by atoms with Crippen molar-refractivity contribution in [1.82, 2.24) is 20.9 Å². The Morgan fingerprint density at radius 3 is 2.71 bits per heavy atom. The molecule has 1 aromatic carbocycles. The van der Waals surface area contributed by atoms with Crippen LogP contribution in [0.25, 0.3) is 0 Å². The molecule has 0 spiro atoms. The van der Waals surface area contributed by atoms with Crippen LogP contribution in [0.3, 0.4) is 0 Å². The molecule has 3 amide bonds. The van der Waals surface area contributed by atoms with Gasteiger partial charge in [-0.2, -0.15) is 0 Å². The van der Waals surface area contributed by atoms with Crippen molar-refractivity contribution in [3.63, 3.8) is 0 Å². The second-order valence-corrected chi connectivity index (χ2v) is 8.06. The Morgan fingerprint density at radius 1 is 1.18 bits per heavy atom. The highest BCUT2D eigenvalue weighted by Crippen LogP contribution is 2.29. The lowest BCUT2D eigenvalue weighted by Crippen LogP contribution is -2.74. The normalized spacial score (nSPS) is 33.4. The number of anilines is 1. The molecule has 0 bridgehead atoms. The Kier molecular flexibility index (Phi) is 5.32. The van der Waals surface area contributed by atoms with Gasteiger partial charge >= 0.3 is 0 Å². The van der Waals surface area contributed by atoms with E-state index in [2.05, 4.69) is 33.1 Å². The van der Waals surface area contributed by atoms with E-state index in [0.29, 0.717) is 11.6 Å². The molecule has 8 nitrogen and oxygen atoms in total. The number of nitrogens with zero attached hydrogens (tertiary/aromatic N) is 1. The summed E-state index contributed by atoms with van der Waals surface area (Å²) in [5.74, 6) is -1.51. The van der Waals surface area contributed by atoms with Crippen LogP contribution < -0.4 is 21.3 Å². The molecule has 0 aliphatic carbocycles. The number of carbonyl (C=O) groups is 3. The van der Waals surface area contributed by atoms with Crippen molar-refractivity contribution in [3.05, 3.63) is 30.3 Å². The van der Waals surface area contributed by atoms with Crippen molar-refractivity contribution in [2.24, 2.45) is 17.8 Å². The van der Waals surface area contributed by atoms with Crippen molar-refractivity contribution in [2.45, 2.75) is 38.6 Å². The van der Waals surface area contributed by atoms with Crippen molar-refractivity contribution < 1.29 is 14.4 Å². The van der Waals surface area contributed by atoms with E-state index in [1.807, 2.05) is 18.2 Å². The quantitative estimate of drug-likeness (QED) is 0.605. The maximum atomic E-state index is 12.9. The molecule has 4 N–H and O–H groups in total. The van der Waals surface area contributed by atoms with E-state index >= 15 is 0 Å². The molecule has 3 aliphatic rings. The highest BCUT2D eigenvalue weighted by Gasteiger charge is 2.49. The van der Waals surface area contributed by atoms with Crippen LogP contribution in [0, 0.1) is 17.8 Å². The third kappa shape index (κ3) is 3.88. The Morgan fingerprint density at radius 2 is 1.96 bits per heavy atom. The fourth-order valence-electron chi connectivity index (χ4n) is 4.47. The monoisotopic (exact) mass is 385 g/mol. The number of benzene rings is 1. The molecule has 5 unspecified atom stereocenters.